The van der Waals surface area contributed by atoms with Gasteiger partial charge in [-0.05, 0) is 80.4 Å². The predicted molar refractivity (Wildman–Crippen MR) is 139 cm³/mol. The molecule has 1 fully saturated rings. The van der Waals surface area contributed by atoms with E-state index in [1.54, 1.807) is 24.5 Å². The van der Waals surface area contributed by atoms with Crippen molar-refractivity contribution in [3.05, 3.63) is 78.1 Å². The molecule has 0 unspecified atom stereocenters. The van der Waals surface area contributed by atoms with E-state index in [9.17, 15) is 13.2 Å². The van der Waals surface area contributed by atoms with Crippen LogP contribution in [0.4, 0.5) is 0 Å². The van der Waals surface area contributed by atoms with Crippen LogP contribution in [0.25, 0.3) is 11.1 Å². The summed E-state index contributed by atoms with van der Waals surface area (Å²) in [5.41, 5.74) is 3.31. The van der Waals surface area contributed by atoms with Gasteiger partial charge in [0.15, 0.2) is 0 Å². The molecule has 8 nitrogen and oxygen atoms in total. The van der Waals surface area contributed by atoms with Crippen molar-refractivity contribution in [2.75, 3.05) is 26.0 Å². The highest BCUT2D eigenvalue weighted by atomic mass is 32.2. The van der Waals surface area contributed by atoms with Crippen LogP contribution in [0.3, 0.4) is 0 Å². The minimum atomic E-state index is -3.70. The molecule has 3 aromatic rings. The van der Waals surface area contributed by atoms with Gasteiger partial charge in [-0.3, -0.25) is 9.78 Å². The van der Waals surface area contributed by atoms with Gasteiger partial charge >= 0.3 is 10.1 Å². The van der Waals surface area contributed by atoms with Crippen molar-refractivity contribution in [1.82, 2.24) is 15.2 Å². The van der Waals surface area contributed by atoms with Crippen molar-refractivity contribution < 1.29 is 22.1 Å². The number of nitrogens with one attached hydrogen (secondary N) is 1. The summed E-state index contributed by atoms with van der Waals surface area (Å²) in [7, 11) is -3.70. The summed E-state index contributed by atoms with van der Waals surface area (Å²) >= 11 is 0. The highest BCUT2D eigenvalue weighted by molar-refractivity contribution is 7.86. The van der Waals surface area contributed by atoms with E-state index in [-0.39, 0.29) is 17.7 Å². The van der Waals surface area contributed by atoms with Crippen LogP contribution in [0.1, 0.15) is 35.7 Å². The van der Waals surface area contributed by atoms with Crippen LogP contribution in [0.5, 0.6) is 11.5 Å². The number of hydrogen-bond donors (Lipinski definition) is 1. The van der Waals surface area contributed by atoms with Crippen molar-refractivity contribution in [2.24, 2.45) is 0 Å². The second-order valence-corrected chi connectivity index (χ2v) is 10.3. The van der Waals surface area contributed by atoms with Crippen LogP contribution >= 0.6 is 0 Å². The number of hydrogen-bond acceptors (Lipinski definition) is 7. The number of benzene rings is 2. The van der Waals surface area contributed by atoms with E-state index in [2.05, 4.69) is 10.3 Å². The second kappa shape index (κ2) is 11.5. The second-order valence-electron chi connectivity index (χ2n) is 8.73. The van der Waals surface area contributed by atoms with Crippen LogP contribution in [0, 0.1) is 0 Å². The lowest BCUT2D eigenvalue weighted by atomic mass is 10.00. The third-order valence-corrected chi connectivity index (χ3v) is 6.52. The molecule has 0 atom stereocenters. The zero-order valence-corrected chi connectivity index (χ0v) is 21.3. The molecule has 0 bridgehead atoms. The van der Waals surface area contributed by atoms with Gasteiger partial charge < -0.3 is 19.1 Å². The maximum Gasteiger partial charge on any atom is 0.306 e. The number of carbonyl (C=O) groups excluding carboxylic acids is 1. The van der Waals surface area contributed by atoms with Crippen LogP contribution in [0.15, 0.2) is 67.0 Å². The van der Waals surface area contributed by atoms with Gasteiger partial charge in [-0.1, -0.05) is 18.2 Å². The lowest BCUT2D eigenvalue weighted by Crippen LogP contribution is -2.45. The minimum absolute atomic E-state index is 0.0497. The normalized spacial score (nSPS) is 14.3. The monoisotopic (exact) mass is 509 g/mol. The molecule has 1 aliphatic rings. The fourth-order valence-electron chi connectivity index (χ4n) is 4.41. The topological polar surface area (TPSA) is 97.8 Å². The summed E-state index contributed by atoms with van der Waals surface area (Å²) in [5.74, 6) is 0.702. The fourth-order valence-corrected chi connectivity index (χ4v) is 4.87. The van der Waals surface area contributed by atoms with Crippen molar-refractivity contribution in [3.8, 4) is 22.6 Å². The molecule has 1 amide bonds. The maximum absolute atomic E-state index is 13.7. The Labute approximate surface area is 212 Å². The third kappa shape index (κ3) is 6.61. The molecule has 0 radical (unpaired) electrons. The first-order valence-corrected chi connectivity index (χ1v) is 13.8. The van der Waals surface area contributed by atoms with Crippen molar-refractivity contribution in [3.63, 3.8) is 0 Å². The van der Waals surface area contributed by atoms with Crippen LogP contribution in [-0.4, -0.2) is 56.2 Å². The molecule has 36 heavy (non-hydrogen) atoms. The van der Waals surface area contributed by atoms with Crippen molar-refractivity contribution in [2.45, 2.75) is 32.4 Å². The largest absolute Gasteiger partial charge is 0.493 e. The van der Waals surface area contributed by atoms with E-state index in [1.807, 2.05) is 42.2 Å². The maximum atomic E-state index is 13.7. The summed E-state index contributed by atoms with van der Waals surface area (Å²) in [6.07, 6.45) is 6.14. The van der Waals surface area contributed by atoms with Crippen LogP contribution in [0.2, 0.25) is 0 Å². The summed E-state index contributed by atoms with van der Waals surface area (Å²) in [5, 5.41) is 3.35. The summed E-state index contributed by atoms with van der Waals surface area (Å²) < 4.78 is 34.1. The van der Waals surface area contributed by atoms with Gasteiger partial charge in [-0.25, -0.2) is 0 Å². The lowest BCUT2D eigenvalue weighted by molar-refractivity contribution is 0.0622. The molecule has 4 rings (SSSR count). The zero-order chi connectivity index (χ0) is 25.5. The molecule has 0 aliphatic carbocycles. The van der Waals surface area contributed by atoms with E-state index < -0.39 is 10.1 Å². The lowest BCUT2D eigenvalue weighted by Gasteiger charge is -2.35. The molecule has 0 saturated carbocycles. The van der Waals surface area contributed by atoms with Gasteiger partial charge in [0.1, 0.15) is 11.5 Å². The summed E-state index contributed by atoms with van der Waals surface area (Å²) in [6.45, 7) is 4.52. The Bertz CT molecular complexity index is 1290. The van der Waals surface area contributed by atoms with E-state index in [0.29, 0.717) is 18.7 Å². The summed E-state index contributed by atoms with van der Waals surface area (Å²) in [6, 6.07) is 16.3. The molecule has 1 saturated heterocycles. The summed E-state index contributed by atoms with van der Waals surface area (Å²) in [4.78, 5) is 19.7. The van der Waals surface area contributed by atoms with Crippen molar-refractivity contribution in [1.29, 1.82) is 0 Å². The van der Waals surface area contributed by atoms with E-state index >= 15 is 0 Å². The number of aromatic nitrogens is 1. The molecule has 0 spiro atoms. The Hall–Kier alpha value is -3.43. The van der Waals surface area contributed by atoms with Crippen molar-refractivity contribution >= 4 is 16.0 Å². The molecular weight excluding hydrogens is 478 g/mol. The smallest absolute Gasteiger partial charge is 0.306 e. The number of pyridine rings is 1. The number of nitrogens with zero attached hydrogens (tertiary/aromatic N) is 2. The third-order valence-electron chi connectivity index (χ3n) is 6.03. The molecule has 9 heteroatoms. The van der Waals surface area contributed by atoms with Gasteiger partial charge in [-0.2, -0.15) is 8.42 Å². The molecule has 2 aromatic carbocycles. The van der Waals surface area contributed by atoms with Gasteiger partial charge in [0.2, 0.25) is 0 Å². The molecule has 1 N–H and O–H groups in total. The molecule has 1 aliphatic heterocycles. The Morgan fingerprint density at radius 3 is 2.53 bits per heavy atom. The van der Waals surface area contributed by atoms with Gasteiger partial charge in [0.05, 0.1) is 12.9 Å². The van der Waals surface area contributed by atoms with E-state index in [0.717, 1.165) is 54.6 Å². The number of rotatable bonds is 9. The Morgan fingerprint density at radius 2 is 1.83 bits per heavy atom. The highest BCUT2D eigenvalue weighted by Crippen LogP contribution is 2.32. The van der Waals surface area contributed by atoms with Gasteiger partial charge in [0, 0.05) is 36.1 Å². The predicted octanol–water partition coefficient (Wildman–Crippen LogP) is 3.88. The highest BCUT2D eigenvalue weighted by Gasteiger charge is 2.27. The van der Waals surface area contributed by atoms with E-state index in [1.165, 1.54) is 12.1 Å². The van der Waals surface area contributed by atoms with Gasteiger partial charge in [0.25, 0.3) is 5.91 Å². The number of ether oxygens (including phenoxy) is 1. The fraction of sp³-hybridized carbons (Fsp3) is 0.333. The van der Waals surface area contributed by atoms with Crippen LogP contribution < -0.4 is 14.2 Å². The number of amides is 1. The first kappa shape index (κ1) is 25.7. The molecule has 1 aromatic heterocycles. The van der Waals surface area contributed by atoms with Crippen LogP contribution in [-0.2, 0) is 16.7 Å². The quantitative estimate of drug-likeness (QED) is 0.437. The number of piperidine rings is 1. The standard InChI is InChI=1S/C27H31N3O5S/c1-3-34-26-17-20(7-8-25(26)21-9-13-28-14-10-21)19-30(23-11-15-29-16-12-23)27(31)22-5-4-6-24(18-22)35-36(2,32)33/h4-10,13-14,17-18,23,29H,3,11-12,15-16,19H2,1-2H3. The first-order valence-electron chi connectivity index (χ1n) is 12.0. The Balaban J connectivity index is 1.65. The minimum Gasteiger partial charge on any atom is -0.493 e. The Morgan fingerprint density at radius 1 is 1.08 bits per heavy atom. The SMILES string of the molecule is CCOc1cc(CN(C(=O)c2cccc(OS(C)(=O)=O)c2)C2CCNCC2)ccc1-c1ccncc1. The average Bonchev–Trinajstić information content (AvgIpc) is 2.87. The zero-order valence-electron chi connectivity index (χ0n) is 20.5. The molecule has 2 heterocycles. The first-order chi connectivity index (χ1) is 17.3. The Kier molecular flexibility index (Phi) is 8.22. The number of carbonyl (C=O) groups is 1. The molecular formula is C27H31N3O5S. The van der Waals surface area contributed by atoms with Gasteiger partial charge in [-0.15, -0.1) is 0 Å². The molecule has 190 valence electrons. The van der Waals surface area contributed by atoms with E-state index in [4.69, 9.17) is 8.92 Å². The average molecular weight is 510 g/mol.